The Labute approximate surface area is 152 Å². The molecule has 7 heteroatoms. The minimum atomic E-state index is -0.570. The van der Waals surface area contributed by atoms with Gasteiger partial charge in [0.1, 0.15) is 11.5 Å². The van der Waals surface area contributed by atoms with Gasteiger partial charge in [0, 0.05) is 38.8 Å². The molecule has 1 aliphatic heterocycles. The van der Waals surface area contributed by atoms with Crippen molar-refractivity contribution >= 4 is 11.8 Å². The highest BCUT2D eigenvalue weighted by Gasteiger charge is 2.27. The number of hydrogen-bond donors (Lipinski definition) is 1. The number of nitrogens with zero attached hydrogens (tertiary/aromatic N) is 3. The van der Waals surface area contributed by atoms with Crippen LogP contribution in [0.4, 0.5) is 0 Å². The summed E-state index contributed by atoms with van der Waals surface area (Å²) >= 11 is 0. The zero-order chi connectivity index (χ0) is 18.5. The number of aromatic nitrogens is 1. The predicted octanol–water partition coefficient (Wildman–Crippen LogP) is 1.33. The van der Waals surface area contributed by atoms with Gasteiger partial charge in [0.2, 0.25) is 0 Å². The van der Waals surface area contributed by atoms with Gasteiger partial charge in [-0.3, -0.25) is 14.5 Å². The molecule has 0 bridgehead atoms. The monoisotopic (exact) mass is 356 g/mol. The Morgan fingerprint density at radius 2 is 2.12 bits per heavy atom. The third kappa shape index (κ3) is 4.70. The number of nitrogens with one attached hydrogen (secondary N) is 1. The molecule has 3 rings (SSSR count). The molecule has 1 atom stereocenters. The van der Waals surface area contributed by atoms with Crippen molar-refractivity contribution in [1.29, 1.82) is 0 Å². The second-order valence-electron chi connectivity index (χ2n) is 6.77. The third-order valence-electron chi connectivity index (χ3n) is 4.47. The Bertz CT molecular complexity index is 759. The van der Waals surface area contributed by atoms with Crippen molar-refractivity contribution in [2.24, 2.45) is 0 Å². The topological polar surface area (TPSA) is 78.7 Å². The number of carbonyl (C=O) groups is 2. The van der Waals surface area contributed by atoms with Crippen LogP contribution in [0.15, 0.2) is 40.9 Å². The number of amides is 2. The molecule has 0 unspecified atom stereocenters. The Hall–Kier alpha value is -2.67. The first-order valence-electron chi connectivity index (χ1n) is 8.75. The van der Waals surface area contributed by atoms with Crippen LogP contribution in [0, 0.1) is 6.92 Å². The average molecular weight is 356 g/mol. The van der Waals surface area contributed by atoms with Crippen LogP contribution in [-0.4, -0.2) is 52.9 Å². The fourth-order valence-corrected chi connectivity index (χ4v) is 3.16. The minimum absolute atomic E-state index is 0.00198. The van der Waals surface area contributed by atoms with Crippen LogP contribution in [0.3, 0.4) is 0 Å². The van der Waals surface area contributed by atoms with E-state index in [2.05, 4.69) is 27.5 Å². The Balaban J connectivity index is 1.46. The average Bonchev–Trinajstić information content (AvgIpc) is 3.23. The number of rotatable bonds is 5. The zero-order valence-corrected chi connectivity index (χ0v) is 15.1. The van der Waals surface area contributed by atoms with Crippen molar-refractivity contribution in [3.8, 4) is 0 Å². The first kappa shape index (κ1) is 18.1. The Morgan fingerprint density at radius 1 is 1.35 bits per heavy atom. The van der Waals surface area contributed by atoms with Crippen molar-refractivity contribution in [3.63, 3.8) is 0 Å². The van der Waals surface area contributed by atoms with E-state index in [0.29, 0.717) is 11.5 Å². The fourth-order valence-electron chi connectivity index (χ4n) is 3.16. The summed E-state index contributed by atoms with van der Waals surface area (Å²) in [6.45, 7) is 4.54. The molecule has 2 amide bonds. The molecule has 1 N–H and O–H groups in total. The van der Waals surface area contributed by atoms with Gasteiger partial charge >= 0.3 is 11.8 Å². The molecule has 7 nitrogen and oxygen atoms in total. The summed E-state index contributed by atoms with van der Waals surface area (Å²) in [6.07, 6.45) is 0.845. The van der Waals surface area contributed by atoms with Gasteiger partial charge in [-0.25, -0.2) is 0 Å². The molecule has 2 heterocycles. The summed E-state index contributed by atoms with van der Waals surface area (Å²) in [5.74, 6) is -0.457. The fraction of sp³-hybridized carbons (Fsp3) is 0.421. The Morgan fingerprint density at radius 3 is 2.81 bits per heavy atom. The molecular weight excluding hydrogens is 332 g/mol. The lowest BCUT2D eigenvalue weighted by atomic mass is 10.2. The molecule has 0 saturated carbocycles. The molecule has 26 heavy (non-hydrogen) atoms. The van der Waals surface area contributed by atoms with Crippen molar-refractivity contribution in [2.75, 3.05) is 20.1 Å². The van der Waals surface area contributed by atoms with E-state index in [1.54, 1.807) is 20.0 Å². The maximum Gasteiger partial charge on any atom is 0.311 e. The van der Waals surface area contributed by atoms with E-state index < -0.39 is 11.8 Å². The van der Waals surface area contributed by atoms with E-state index in [0.717, 1.165) is 26.1 Å². The standard InChI is InChI=1S/C19H24N4O3/c1-14-10-17(21-26-14)12-22(2)19(25)18(24)20-16-8-9-23(13-16)11-15-6-4-3-5-7-15/h3-7,10,16H,8-9,11-13H2,1-2H3,(H,20,24)/t16-/m1/s1. The Kier molecular flexibility index (Phi) is 5.68. The summed E-state index contributed by atoms with van der Waals surface area (Å²) in [4.78, 5) is 28.1. The van der Waals surface area contributed by atoms with Gasteiger partial charge in [0.25, 0.3) is 0 Å². The summed E-state index contributed by atoms with van der Waals surface area (Å²) in [5, 5.41) is 6.69. The minimum Gasteiger partial charge on any atom is -0.361 e. The van der Waals surface area contributed by atoms with Gasteiger partial charge in [0.05, 0.1) is 6.54 Å². The maximum atomic E-state index is 12.3. The SMILES string of the molecule is Cc1cc(CN(C)C(=O)C(=O)N[C@@H]2CCN(Cc3ccccc3)C2)no1. The first-order chi connectivity index (χ1) is 12.5. The van der Waals surface area contributed by atoms with Crippen LogP contribution >= 0.6 is 0 Å². The molecule has 1 aromatic carbocycles. The molecule has 0 aliphatic carbocycles. The quantitative estimate of drug-likeness (QED) is 0.818. The molecule has 1 aromatic heterocycles. The van der Waals surface area contributed by atoms with E-state index in [-0.39, 0.29) is 12.6 Å². The van der Waals surface area contributed by atoms with Gasteiger partial charge in [0.15, 0.2) is 0 Å². The third-order valence-corrected chi connectivity index (χ3v) is 4.47. The van der Waals surface area contributed by atoms with Gasteiger partial charge < -0.3 is 14.7 Å². The second-order valence-corrected chi connectivity index (χ2v) is 6.77. The van der Waals surface area contributed by atoms with Crippen LogP contribution in [0.5, 0.6) is 0 Å². The number of carbonyl (C=O) groups excluding carboxylic acids is 2. The molecule has 1 fully saturated rings. The van der Waals surface area contributed by atoms with Crippen molar-refractivity contribution < 1.29 is 14.1 Å². The molecule has 2 aromatic rings. The van der Waals surface area contributed by atoms with Gasteiger partial charge in [-0.2, -0.15) is 0 Å². The van der Waals surface area contributed by atoms with E-state index in [4.69, 9.17) is 4.52 Å². The summed E-state index contributed by atoms with van der Waals surface area (Å²) < 4.78 is 4.98. The van der Waals surface area contributed by atoms with E-state index >= 15 is 0 Å². The van der Waals surface area contributed by atoms with Crippen LogP contribution < -0.4 is 5.32 Å². The highest BCUT2D eigenvalue weighted by molar-refractivity contribution is 6.34. The smallest absolute Gasteiger partial charge is 0.311 e. The van der Waals surface area contributed by atoms with E-state index in [9.17, 15) is 9.59 Å². The van der Waals surface area contributed by atoms with Crippen LogP contribution in [-0.2, 0) is 22.7 Å². The van der Waals surface area contributed by atoms with E-state index in [1.807, 2.05) is 18.2 Å². The lowest BCUT2D eigenvalue weighted by Gasteiger charge is -2.18. The van der Waals surface area contributed by atoms with Crippen molar-refractivity contribution in [3.05, 3.63) is 53.4 Å². The number of aryl methyl sites for hydroxylation is 1. The highest BCUT2D eigenvalue weighted by atomic mass is 16.5. The zero-order valence-electron chi connectivity index (χ0n) is 15.1. The van der Waals surface area contributed by atoms with Crippen molar-refractivity contribution in [1.82, 2.24) is 20.3 Å². The number of hydrogen-bond acceptors (Lipinski definition) is 5. The van der Waals surface area contributed by atoms with Gasteiger partial charge in [-0.05, 0) is 18.9 Å². The van der Waals surface area contributed by atoms with Crippen LogP contribution in [0.2, 0.25) is 0 Å². The van der Waals surface area contributed by atoms with Crippen molar-refractivity contribution in [2.45, 2.75) is 32.5 Å². The largest absolute Gasteiger partial charge is 0.361 e. The maximum absolute atomic E-state index is 12.3. The molecular formula is C19H24N4O3. The molecule has 0 radical (unpaired) electrons. The van der Waals surface area contributed by atoms with Crippen LogP contribution in [0.1, 0.15) is 23.4 Å². The first-order valence-corrected chi connectivity index (χ1v) is 8.75. The second kappa shape index (κ2) is 8.14. The van der Waals surface area contributed by atoms with Gasteiger partial charge in [-0.15, -0.1) is 0 Å². The van der Waals surface area contributed by atoms with Gasteiger partial charge in [-0.1, -0.05) is 35.5 Å². The predicted molar refractivity (Wildman–Crippen MR) is 96.0 cm³/mol. The molecule has 1 aliphatic rings. The highest BCUT2D eigenvalue weighted by Crippen LogP contribution is 2.13. The summed E-state index contributed by atoms with van der Waals surface area (Å²) in [6, 6.07) is 12.0. The number of benzene rings is 1. The molecule has 1 saturated heterocycles. The normalized spacial score (nSPS) is 17.2. The number of likely N-dealkylation sites (N-methyl/N-ethyl adjacent to an activating group) is 1. The lowest BCUT2D eigenvalue weighted by molar-refractivity contribution is -0.145. The molecule has 0 spiro atoms. The lowest BCUT2D eigenvalue weighted by Crippen LogP contribution is -2.45. The van der Waals surface area contributed by atoms with Crippen LogP contribution in [0.25, 0.3) is 0 Å². The summed E-state index contributed by atoms with van der Waals surface area (Å²) in [7, 11) is 1.59. The molecule has 138 valence electrons. The number of likely N-dealkylation sites (tertiary alicyclic amines) is 1. The van der Waals surface area contributed by atoms with E-state index in [1.165, 1.54) is 10.5 Å². The summed E-state index contributed by atoms with van der Waals surface area (Å²) in [5.41, 5.74) is 1.87.